The molecule has 1 aliphatic rings. The third kappa shape index (κ3) is 4.01. The van der Waals surface area contributed by atoms with Gasteiger partial charge in [-0.05, 0) is 43.5 Å². The summed E-state index contributed by atoms with van der Waals surface area (Å²) < 4.78 is 5.37. The summed E-state index contributed by atoms with van der Waals surface area (Å²) in [6, 6.07) is 4.42. The topological polar surface area (TPSA) is 63.2 Å². The van der Waals surface area contributed by atoms with Gasteiger partial charge in [0.15, 0.2) is 5.13 Å². The average molecular weight is 345 g/mol. The molecule has 1 atom stereocenters. The number of rotatable bonds is 4. The fourth-order valence-corrected chi connectivity index (χ4v) is 3.56. The van der Waals surface area contributed by atoms with Crippen LogP contribution in [0.5, 0.6) is 0 Å². The number of benzene rings is 1. The third-order valence-electron chi connectivity index (χ3n) is 4.30. The van der Waals surface area contributed by atoms with Gasteiger partial charge in [-0.15, -0.1) is 11.3 Å². The quantitative estimate of drug-likeness (QED) is 0.894. The molecule has 1 aliphatic heterocycles. The SMILES string of the molecule is Cc1cc(C)c(-c2csc(NC(=O)CC3COCCN3)n2)cc1C. The number of nitrogens with one attached hydrogen (secondary N) is 2. The number of anilines is 1. The number of ether oxygens (including phenoxy) is 1. The Morgan fingerprint density at radius 1 is 1.33 bits per heavy atom. The van der Waals surface area contributed by atoms with E-state index < -0.39 is 0 Å². The molecule has 1 aromatic heterocycles. The number of carbonyl (C=O) groups excluding carboxylic acids is 1. The van der Waals surface area contributed by atoms with Crippen molar-refractivity contribution in [3.8, 4) is 11.3 Å². The first kappa shape index (κ1) is 17.1. The summed E-state index contributed by atoms with van der Waals surface area (Å²) in [5.74, 6) is -0.0318. The fourth-order valence-electron chi connectivity index (χ4n) is 2.84. The first-order valence-corrected chi connectivity index (χ1v) is 9.05. The maximum absolute atomic E-state index is 12.2. The number of hydrogen-bond acceptors (Lipinski definition) is 5. The molecule has 3 rings (SSSR count). The highest BCUT2D eigenvalue weighted by Crippen LogP contribution is 2.29. The first-order valence-electron chi connectivity index (χ1n) is 8.17. The summed E-state index contributed by atoms with van der Waals surface area (Å²) in [6.07, 6.45) is 0.400. The zero-order valence-electron chi connectivity index (χ0n) is 14.3. The van der Waals surface area contributed by atoms with E-state index in [9.17, 15) is 4.79 Å². The van der Waals surface area contributed by atoms with Gasteiger partial charge in [-0.2, -0.15) is 0 Å². The summed E-state index contributed by atoms with van der Waals surface area (Å²) in [7, 11) is 0. The van der Waals surface area contributed by atoms with Crippen LogP contribution in [0.4, 0.5) is 5.13 Å². The molecule has 0 spiro atoms. The van der Waals surface area contributed by atoms with Crippen molar-refractivity contribution in [2.24, 2.45) is 0 Å². The smallest absolute Gasteiger partial charge is 0.227 e. The van der Waals surface area contributed by atoms with Gasteiger partial charge < -0.3 is 15.4 Å². The lowest BCUT2D eigenvalue weighted by Gasteiger charge is -2.22. The van der Waals surface area contributed by atoms with E-state index in [0.29, 0.717) is 24.8 Å². The van der Waals surface area contributed by atoms with Gasteiger partial charge in [0, 0.05) is 30.0 Å². The van der Waals surface area contributed by atoms with Crippen molar-refractivity contribution in [1.29, 1.82) is 0 Å². The van der Waals surface area contributed by atoms with Crippen LogP contribution in [-0.2, 0) is 9.53 Å². The van der Waals surface area contributed by atoms with E-state index in [1.807, 2.05) is 5.38 Å². The van der Waals surface area contributed by atoms with Crippen molar-refractivity contribution < 1.29 is 9.53 Å². The molecule has 1 amide bonds. The molecular weight excluding hydrogens is 322 g/mol. The minimum Gasteiger partial charge on any atom is -0.378 e. The van der Waals surface area contributed by atoms with Crippen LogP contribution >= 0.6 is 11.3 Å². The Morgan fingerprint density at radius 3 is 2.88 bits per heavy atom. The summed E-state index contributed by atoms with van der Waals surface area (Å²) in [5.41, 5.74) is 5.76. The second kappa shape index (κ2) is 7.42. The van der Waals surface area contributed by atoms with Crippen molar-refractivity contribution in [1.82, 2.24) is 10.3 Å². The number of aryl methyl sites for hydroxylation is 3. The molecule has 2 N–H and O–H groups in total. The normalized spacial score (nSPS) is 17.7. The second-order valence-electron chi connectivity index (χ2n) is 6.27. The van der Waals surface area contributed by atoms with Crippen LogP contribution in [0.15, 0.2) is 17.5 Å². The van der Waals surface area contributed by atoms with E-state index in [2.05, 4.69) is 48.5 Å². The minimum atomic E-state index is -0.0318. The zero-order valence-corrected chi connectivity index (χ0v) is 15.1. The van der Waals surface area contributed by atoms with E-state index in [4.69, 9.17) is 4.74 Å². The van der Waals surface area contributed by atoms with E-state index in [-0.39, 0.29) is 11.9 Å². The summed E-state index contributed by atoms with van der Waals surface area (Å²) in [6.45, 7) is 8.40. The molecule has 2 aromatic rings. The lowest BCUT2D eigenvalue weighted by Crippen LogP contribution is -2.43. The predicted octanol–water partition coefficient (Wildman–Crippen LogP) is 3.05. The maximum atomic E-state index is 12.2. The van der Waals surface area contributed by atoms with Gasteiger partial charge in [0.2, 0.25) is 5.91 Å². The molecule has 1 aromatic carbocycles. The van der Waals surface area contributed by atoms with E-state index in [0.717, 1.165) is 17.8 Å². The zero-order chi connectivity index (χ0) is 17.1. The minimum absolute atomic E-state index is 0.0318. The van der Waals surface area contributed by atoms with Crippen LogP contribution < -0.4 is 10.6 Å². The summed E-state index contributed by atoms with van der Waals surface area (Å²) in [5, 5.41) is 8.82. The Morgan fingerprint density at radius 2 is 2.12 bits per heavy atom. The molecule has 5 nitrogen and oxygen atoms in total. The number of morpholine rings is 1. The molecule has 1 fully saturated rings. The maximum Gasteiger partial charge on any atom is 0.227 e. The Kier molecular flexibility index (Phi) is 5.28. The highest BCUT2D eigenvalue weighted by atomic mass is 32.1. The van der Waals surface area contributed by atoms with Crippen molar-refractivity contribution in [3.05, 3.63) is 34.2 Å². The number of carbonyl (C=O) groups is 1. The second-order valence-corrected chi connectivity index (χ2v) is 7.13. The summed E-state index contributed by atoms with van der Waals surface area (Å²) in [4.78, 5) is 16.7. The Hall–Kier alpha value is -1.76. The number of nitrogens with zero attached hydrogens (tertiary/aromatic N) is 1. The van der Waals surface area contributed by atoms with Gasteiger partial charge in [0.1, 0.15) is 0 Å². The van der Waals surface area contributed by atoms with Gasteiger partial charge in [-0.3, -0.25) is 4.79 Å². The van der Waals surface area contributed by atoms with E-state index in [1.54, 1.807) is 0 Å². The monoisotopic (exact) mass is 345 g/mol. The number of amides is 1. The average Bonchev–Trinajstić information content (AvgIpc) is 3.00. The van der Waals surface area contributed by atoms with Gasteiger partial charge in [0.25, 0.3) is 0 Å². The lowest BCUT2D eigenvalue weighted by atomic mass is 9.99. The van der Waals surface area contributed by atoms with Crippen molar-refractivity contribution in [3.63, 3.8) is 0 Å². The van der Waals surface area contributed by atoms with Crippen molar-refractivity contribution >= 4 is 22.4 Å². The Bertz CT molecular complexity index is 736. The van der Waals surface area contributed by atoms with Crippen LogP contribution in [-0.4, -0.2) is 36.7 Å². The number of aromatic nitrogens is 1. The Labute approximate surface area is 146 Å². The van der Waals surface area contributed by atoms with Crippen molar-refractivity contribution in [2.75, 3.05) is 25.1 Å². The molecule has 128 valence electrons. The molecule has 1 unspecified atom stereocenters. The van der Waals surface area contributed by atoms with Gasteiger partial charge >= 0.3 is 0 Å². The van der Waals surface area contributed by atoms with Crippen LogP contribution in [0.3, 0.4) is 0 Å². The molecule has 0 aliphatic carbocycles. The number of thiazole rings is 1. The fraction of sp³-hybridized carbons (Fsp3) is 0.444. The molecule has 0 bridgehead atoms. The highest BCUT2D eigenvalue weighted by molar-refractivity contribution is 7.14. The van der Waals surface area contributed by atoms with E-state index in [1.165, 1.54) is 28.0 Å². The van der Waals surface area contributed by atoms with Crippen LogP contribution in [0.1, 0.15) is 23.1 Å². The molecule has 2 heterocycles. The first-order chi connectivity index (χ1) is 11.5. The Balaban J connectivity index is 1.67. The largest absolute Gasteiger partial charge is 0.378 e. The van der Waals surface area contributed by atoms with E-state index >= 15 is 0 Å². The molecule has 24 heavy (non-hydrogen) atoms. The molecule has 1 saturated heterocycles. The number of hydrogen-bond donors (Lipinski definition) is 2. The summed E-state index contributed by atoms with van der Waals surface area (Å²) >= 11 is 1.46. The third-order valence-corrected chi connectivity index (χ3v) is 5.06. The van der Waals surface area contributed by atoms with Crippen LogP contribution in [0.2, 0.25) is 0 Å². The lowest BCUT2D eigenvalue weighted by molar-refractivity contribution is -0.117. The van der Waals surface area contributed by atoms with Crippen LogP contribution in [0, 0.1) is 20.8 Å². The molecular formula is C18H23N3O2S. The predicted molar refractivity (Wildman–Crippen MR) is 97.6 cm³/mol. The molecule has 6 heteroatoms. The highest BCUT2D eigenvalue weighted by Gasteiger charge is 2.18. The van der Waals surface area contributed by atoms with Crippen LogP contribution in [0.25, 0.3) is 11.3 Å². The molecule has 0 radical (unpaired) electrons. The van der Waals surface area contributed by atoms with Gasteiger partial charge in [0.05, 0.1) is 18.9 Å². The van der Waals surface area contributed by atoms with Gasteiger partial charge in [-0.25, -0.2) is 4.98 Å². The molecule has 0 saturated carbocycles. The van der Waals surface area contributed by atoms with Gasteiger partial charge in [-0.1, -0.05) is 6.07 Å². The van der Waals surface area contributed by atoms with Crippen molar-refractivity contribution in [2.45, 2.75) is 33.2 Å². The standard InChI is InChI=1S/C18H23N3O2S/c1-11-6-13(3)15(7-12(11)2)16-10-24-18(20-16)21-17(22)8-14-9-23-5-4-19-14/h6-7,10,14,19H,4-5,8-9H2,1-3H3,(H,20,21,22).